The molecule has 0 spiro atoms. The Morgan fingerprint density at radius 2 is 1.09 bits per heavy atom. The fraction of sp³-hybridized carbons (Fsp3) is 0.0141. The zero-order valence-electron chi connectivity index (χ0n) is 46.9. The number of fused-ring (bicyclic) bond motifs is 4. The second-order valence-electron chi connectivity index (χ2n) is 18.8. The molecule has 0 bridgehead atoms. The van der Waals surface area contributed by atoms with Gasteiger partial charge in [0.15, 0.2) is 5.88 Å². The van der Waals surface area contributed by atoms with Crippen molar-refractivity contribution in [3.8, 4) is 73.0 Å². The summed E-state index contributed by atoms with van der Waals surface area (Å²) in [6.45, 7) is 4.00. The first-order valence-corrected chi connectivity index (χ1v) is 25.4. The maximum atomic E-state index is 8.66. The van der Waals surface area contributed by atoms with Crippen molar-refractivity contribution in [2.24, 2.45) is 0 Å². The first-order chi connectivity index (χ1) is 40.2. The van der Waals surface area contributed by atoms with Crippen LogP contribution in [0.3, 0.4) is 0 Å². The van der Waals surface area contributed by atoms with E-state index in [1.165, 1.54) is 0 Å². The van der Waals surface area contributed by atoms with Crippen LogP contribution in [0.5, 0.6) is 11.5 Å². The molecule has 0 atom stereocenters. The third-order valence-corrected chi connectivity index (χ3v) is 14.3. The van der Waals surface area contributed by atoms with Gasteiger partial charge in [-0.2, -0.15) is 12.7 Å². The van der Waals surface area contributed by atoms with Crippen LogP contribution in [0, 0.1) is 25.7 Å². The Bertz CT molecular complexity index is 4430. The predicted molar refractivity (Wildman–Crippen MR) is 312 cm³/mol. The summed E-state index contributed by atoms with van der Waals surface area (Å²) in [6.07, 6.45) is 3.37. The molecule has 14 rings (SSSR count). The first kappa shape index (κ1) is 42.7. The van der Waals surface area contributed by atoms with Crippen molar-refractivity contribution in [3.63, 3.8) is 0 Å². The minimum absolute atomic E-state index is 0. The van der Waals surface area contributed by atoms with Gasteiger partial charge in [0, 0.05) is 72.2 Å². The first-order valence-electron chi connectivity index (χ1n) is 27.9. The maximum Gasteiger partial charge on any atom is 0.184 e. The molecule has 2 aromatic heterocycles. The van der Waals surface area contributed by atoms with Gasteiger partial charge in [0.1, 0.15) is 5.82 Å². The number of para-hydroxylation sites is 2. The van der Waals surface area contributed by atoms with E-state index < -0.39 is 18.1 Å². The third-order valence-electron chi connectivity index (χ3n) is 14.3. The minimum atomic E-state index is -0.441. The molecule has 0 radical (unpaired) electrons. The van der Waals surface area contributed by atoms with Crippen molar-refractivity contribution in [1.82, 2.24) is 14.5 Å². The second-order valence-corrected chi connectivity index (χ2v) is 18.8. The third kappa shape index (κ3) is 8.57. The summed E-state index contributed by atoms with van der Waals surface area (Å²) < 4.78 is 57.8. The molecule has 0 saturated carbocycles. The molecular weight excluding hydrogens is 1140 g/mol. The van der Waals surface area contributed by atoms with Gasteiger partial charge in [-0.25, -0.2) is 4.98 Å². The molecule has 12 aromatic rings. The van der Waals surface area contributed by atoms with Gasteiger partial charge in [-0.3, -0.25) is 0 Å². The monoisotopic (exact) mass is 1190 g/mol. The van der Waals surface area contributed by atoms with E-state index >= 15 is 0 Å². The summed E-state index contributed by atoms with van der Waals surface area (Å²) in [5.74, 6) is 2.12. The molecular formula is C71H47N4O2Pt-3. The fourth-order valence-corrected chi connectivity index (χ4v) is 10.8. The Morgan fingerprint density at radius 1 is 0.526 bits per heavy atom. The minimum Gasteiger partial charge on any atom is -0.503 e. The van der Waals surface area contributed by atoms with E-state index in [0.717, 1.165) is 94.5 Å². The van der Waals surface area contributed by atoms with Crippen LogP contribution in [-0.4, -0.2) is 14.5 Å². The standard InChI is InChI=1S/C71H47N4O2.Pt/c1-48-42-67(72-45-63(48)53-30-15-6-16-31-53)75-64-39-18-17-34-61(64)62-41-40-56(44-65(62)75)77-55-33-19-32-54(43-55)66-46-76-71-70(68-57(49-22-7-2-8-23-49)35-20-36-58(68)50-24-9-3-10-25-50)74(47-73(66)71)69-59(51-26-11-4-12-27-51)37-21-38-60(69)52-28-13-5-14-29-52;/h2-42,45-47H,1H3;/q-3;/i6D,15D,16D,30D,31D;. The van der Waals surface area contributed by atoms with E-state index in [9.17, 15) is 0 Å². The molecule has 0 aliphatic carbocycles. The number of aromatic nitrogens is 2. The average Bonchev–Trinajstić information content (AvgIpc) is 2.16. The topological polar surface area (TPSA) is 42.8 Å². The summed E-state index contributed by atoms with van der Waals surface area (Å²) in [5, 5.41) is 1.92. The molecule has 376 valence electrons. The summed E-state index contributed by atoms with van der Waals surface area (Å²) in [5.41, 5.74) is 15.7. The van der Waals surface area contributed by atoms with Gasteiger partial charge in [-0.15, -0.1) is 41.3 Å². The zero-order chi connectivity index (χ0) is 55.6. The molecule has 0 unspecified atom stereocenters. The maximum absolute atomic E-state index is 8.66. The van der Waals surface area contributed by atoms with Crippen LogP contribution in [0.15, 0.2) is 267 Å². The van der Waals surface area contributed by atoms with Crippen molar-refractivity contribution < 1.29 is 37.4 Å². The number of nitrogens with zero attached hydrogens (tertiary/aromatic N) is 4. The van der Waals surface area contributed by atoms with E-state index in [1.807, 2.05) is 90.4 Å². The van der Waals surface area contributed by atoms with E-state index in [2.05, 4.69) is 168 Å². The van der Waals surface area contributed by atoms with Crippen molar-refractivity contribution in [2.45, 2.75) is 6.92 Å². The van der Waals surface area contributed by atoms with Crippen LogP contribution >= 0.6 is 0 Å². The van der Waals surface area contributed by atoms with Gasteiger partial charge in [-0.05, 0) is 74.6 Å². The smallest absolute Gasteiger partial charge is 0.184 e. The summed E-state index contributed by atoms with van der Waals surface area (Å²) in [4.78, 5) is 9.30. The molecule has 4 heterocycles. The van der Waals surface area contributed by atoms with Crippen molar-refractivity contribution in [3.05, 3.63) is 302 Å². The van der Waals surface area contributed by atoms with Gasteiger partial charge < -0.3 is 23.8 Å². The number of pyridine rings is 1. The van der Waals surface area contributed by atoms with Crippen LogP contribution in [0.1, 0.15) is 23.5 Å². The SMILES string of the molecule is [2H]c1c([2H])c([2H])c(-c2cnc(-n3c4[c-]c(Oc5[c-]c(C6=COC7=C(c8c(-c9ccccc9)cccc8-c8ccccc8)N(c8c(-c9ccccc9)cccc8-c8ccccc8)[CH-]N67)ccc5)ccc4c4ccccc43)cc2C)c([2H])c1[2H].[Pt]. The number of hydrogen-bond donors (Lipinski definition) is 0. The summed E-state index contributed by atoms with van der Waals surface area (Å²) in [7, 11) is 0. The zero-order valence-corrected chi connectivity index (χ0v) is 44.2. The molecule has 0 N–H and O–H groups in total. The van der Waals surface area contributed by atoms with E-state index in [4.69, 9.17) is 21.3 Å². The number of aryl methyl sites for hydroxylation is 1. The molecule has 0 amide bonds. The Morgan fingerprint density at radius 3 is 1.72 bits per heavy atom. The fourth-order valence-electron chi connectivity index (χ4n) is 10.8. The Labute approximate surface area is 475 Å². The Hall–Kier alpha value is -9.48. The van der Waals surface area contributed by atoms with Crippen molar-refractivity contribution >= 4 is 38.9 Å². The number of anilines is 1. The quantitative estimate of drug-likeness (QED) is 0.121. The van der Waals surface area contributed by atoms with E-state index in [1.54, 1.807) is 12.5 Å². The van der Waals surface area contributed by atoms with E-state index in [0.29, 0.717) is 34.3 Å². The molecule has 0 saturated heterocycles. The number of benzene rings is 10. The van der Waals surface area contributed by atoms with Crippen LogP contribution < -0.4 is 9.64 Å². The largest absolute Gasteiger partial charge is 0.503 e. The van der Waals surface area contributed by atoms with Crippen molar-refractivity contribution in [1.29, 1.82) is 0 Å². The van der Waals surface area contributed by atoms with Crippen LogP contribution in [0.25, 0.3) is 94.7 Å². The van der Waals surface area contributed by atoms with Gasteiger partial charge in [0.05, 0.1) is 18.8 Å². The summed E-state index contributed by atoms with van der Waals surface area (Å²) >= 11 is 0. The average molecular weight is 1190 g/mol. The normalized spacial score (nSPS) is 13.8. The van der Waals surface area contributed by atoms with Gasteiger partial charge in [0.25, 0.3) is 0 Å². The molecule has 2 aliphatic rings. The number of ether oxygens (including phenoxy) is 2. The number of rotatable bonds is 11. The molecule has 2 aliphatic heterocycles. The molecule has 7 heteroatoms. The molecule has 10 aromatic carbocycles. The van der Waals surface area contributed by atoms with Gasteiger partial charge >= 0.3 is 0 Å². The predicted octanol–water partition coefficient (Wildman–Crippen LogP) is 17.8. The second kappa shape index (κ2) is 20.6. The van der Waals surface area contributed by atoms with Crippen molar-refractivity contribution in [2.75, 3.05) is 4.90 Å². The Balaban J connectivity index is 0.00000645. The molecule has 78 heavy (non-hydrogen) atoms. The van der Waals surface area contributed by atoms with Crippen LogP contribution in [0.4, 0.5) is 5.69 Å². The molecule has 0 fully saturated rings. The van der Waals surface area contributed by atoms with Crippen LogP contribution in [0.2, 0.25) is 0 Å². The summed E-state index contributed by atoms with van der Waals surface area (Å²) in [6, 6.07) is 80.2. The number of hydrogen-bond acceptors (Lipinski definition) is 5. The van der Waals surface area contributed by atoms with Gasteiger partial charge in [-0.1, -0.05) is 218 Å². The van der Waals surface area contributed by atoms with E-state index in [-0.39, 0.29) is 38.7 Å². The van der Waals surface area contributed by atoms with Crippen LogP contribution in [-0.2, 0) is 25.8 Å². The Kier molecular flexibility index (Phi) is 11.3. The molecule has 6 nitrogen and oxygen atoms in total. The van der Waals surface area contributed by atoms with Gasteiger partial charge in [0.2, 0.25) is 0 Å².